The van der Waals surface area contributed by atoms with Crippen LogP contribution < -0.4 is 16.4 Å². The van der Waals surface area contributed by atoms with Crippen molar-refractivity contribution in [3.8, 4) is 0 Å². The van der Waals surface area contributed by atoms with E-state index in [2.05, 4.69) is 27.5 Å². The molecule has 4 N–H and O–H groups in total. The molecule has 1 aliphatic rings. The van der Waals surface area contributed by atoms with Crippen LogP contribution in [0.4, 0.5) is 17.6 Å². The summed E-state index contributed by atoms with van der Waals surface area (Å²) in [5.41, 5.74) is 5.65. The van der Waals surface area contributed by atoms with Crippen molar-refractivity contribution >= 4 is 17.6 Å². The van der Waals surface area contributed by atoms with Gasteiger partial charge in [0, 0.05) is 19.2 Å². The summed E-state index contributed by atoms with van der Waals surface area (Å²) in [6.07, 6.45) is 3.72. The van der Waals surface area contributed by atoms with Crippen molar-refractivity contribution in [3.05, 3.63) is 6.07 Å². The number of nitrogens with one attached hydrogen (secondary N) is 2. The number of nitrogens with zero attached hydrogens (tertiary/aromatic N) is 2. The van der Waals surface area contributed by atoms with Crippen LogP contribution in [0.15, 0.2) is 6.07 Å². The third-order valence-corrected chi connectivity index (χ3v) is 2.57. The Labute approximate surface area is 95.9 Å². The zero-order chi connectivity index (χ0) is 11.4. The van der Waals surface area contributed by atoms with Gasteiger partial charge in [-0.1, -0.05) is 6.92 Å². The Morgan fingerprint density at radius 1 is 1.31 bits per heavy atom. The van der Waals surface area contributed by atoms with Crippen molar-refractivity contribution < 1.29 is 0 Å². The third-order valence-electron chi connectivity index (χ3n) is 2.57. The van der Waals surface area contributed by atoms with Crippen LogP contribution in [0.5, 0.6) is 0 Å². The van der Waals surface area contributed by atoms with E-state index in [1.54, 1.807) is 0 Å². The molecule has 0 atom stereocenters. The average Bonchev–Trinajstić information content (AvgIpc) is 3.07. The largest absolute Gasteiger partial charge is 0.370 e. The first-order chi connectivity index (χ1) is 7.78. The Kier molecular flexibility index (Phi) is 3.44. The van der Waals surface area contributed by atoms with Crippen LogP contribution in [0.3, 0.4) is 0 Å². The van der Waals surface area contributed by atoms with Gasteiger partial charge in [-0.15, -0.1) is 0 Å². The van der Waals surface area contributed by atoms with Crippen LogP contribution in [0.2, 0.25) is 0 Å². The van der Waals surface area contributed by atoms with Crippen LogP contribution in [0.1, 0.15) is 26.2 Å². The number of nitrogen functional groups attached to an aromatic ring is 1. The highest BCUT2D eigenvalue weighted by Crippen LogP contribution is 2.28. The van der Waals surface area contributed by atoms with Crippen LogP contribution in [-0.2, 0) is 0 Å². The molecule has 1 aromatic heterocycles. The summed E-state index contributed by atoms with van der Waals surface area (Å²) in [5, 5.41) is 6.50. The normalized spacial score (nSPS) is 14.8. The lowest BCUT2D eigenvalue weighted by atomic mass is 10.4. The maximum atomic E-state index is 5.65. The molecule has 1 aliphatic carbocycles. The van der Waals surface area contributed by atoms with Gasteiger partial charge in [-0.3, -0.25) is 0 Å². The second-order valence-electron chi connectivity index (χ2n) is 4.25. The molecule has 1 aromatic rings. The predicted octanol–water partition coefficient (Wildman–Crippen LogP) is 1.70. The van der Waals surface area contributed by atoms with Gasteiger partial charge in [0.25, 0.3) is 0 Å². The highest BCUT2D eigenvalue weighted by atomic mass is 15.1. The molecular weight excluding hydrogens is 202 g/mol. The van der Waals surface area contributed by atoms with Crippen molar-refractivity contribution in [2.45, 2.75) is 26.2 Å². The van der Waals surface area contributed by atoms with Crippen molar-refractivity contribution in [2.24, 2.45) is 5.92 Å². The molecule has 0 aliphatic heterocycles. The molecular formula is C11H19N5. The summed E-state index contributed by atoms with van der Waals surface area (Å²) >= 11 is 0. The molecule has 2 rings (SSSR count). The van der Waals surface area contributed by atoms with Crippen molar-refractivity contribution in [3.63, 3.8) is 0 Å². The third kappa shape index (κ3) is 3.25. The fraction of sp³-hybridized carbons (Fsp3) is 0.636. The maximum absolute atomic E-state index is 5.65. The van der Waals surface area contributed by atoms with Gasteiger partial charge in [0.05, 0.1) is 0 Å². The molecule has 1 heterocycles. The molecule has 0 saturated heterocycles. The molecule has 5 nitrogen and oxygen atoms in total. The molecule has 0 unspecified atom stereocenters. The number of hydrogen-bond donors (Lipinski definition) is 3. The Balaban J connectivity index is 1.96. The number of anilines is 3. The van der Waals surface area contributed by atoms with E-state index in [1.165, 1.54) is 12.8 Å². The zero-order valence-electron chi connectivity index (χ0n) is 9.66. The lowest BCUT2D eigenvalue weighted by molar-refractivity contribution is 0.881. The molecule has 1 fully saturated rings. The van der Waals surface area contributed by atoms with Gasteiger partial charge < -0.3 is 16.4 Å². The van der Waals surface area contributed by atoms with E-state index in [-0.39, 0.29) is 0 Å². The molecule has 1 saturated carbocycles. The van der Waals surface area contributed by atoms with E-state index < -0.39 is 0 Å². The first kappa shape index (κ1) is 11.0. The number of hydrogen-bond acceptors (Lipinski definition) is 5. The summed E-state index contributed by atoms with van der Waals surface area (Å²) in [6, 6.07) is 1.91. The van der Waals surface area contributed by atoms with Crippen LogP contribution in [0, 0.1) is 5.92 Å². The van der Waals surface area contributed by atoms with Crippen molar-refractivity contribution in [2.75, 3.05) is 29.5 Å². The molecule has 5 heteroatoms. The lowest BCUT2D eigenvalue weighted by Crippen LogP contribution is -2.10. The quantitative estimate of drug-likeness (QED) is 0.681. The topological polar surface area (TPSA) is 75.9 Å². The van der Waals surface area contributed by atoms with E-state index in [9.17, 15) is 0 Å². The maximum Gasteiger partial charge on any atom is 0.223 e. The van der Waals surface area contributed by atoms with Gasteiger partial charge in [0.2, 0.25) is 5.95 Å². The predicted molar refractivity (Wildman–Crippen MR) is 66.4 cm³/mol. The first-order valence-electron chi connectivity index (χ1n) is 5.90. The summed E-state index contributed by atoms with van der Waals surface area (Å²) in [6.45, 7) is 4.01. The number of rotatable bonds is 6. The summed E-state index contributed by atoms with van der Waals surface area (Å²) in [4.78, 5) is 8.29. The standard InChI is InChI=1S/C11H19N5/c1-2-5-13-9-6-10(16-11(12)15-9)14-7-8-3-4-8/h6,8H,2-5,7H2,1H3,(H4,12,13,14,15,16). The molecule has 0 radical (unpaired) electrons. The zero-order valence-corrected chi connectivity index (χ0v) is 9.66. The van der Waals surface area contributed by atoms with Gasteiger partial charge in [0.15, 0.2) is 0 Å². The lowest BCUT2D eigenvalue weighted by Gasteiger charge is -2.08. The van der Waals surface area contributed by atoms with E-state index in [0.717, 1.165) is 37.1 Å². The van der Waals surface area contributed by atoms with Gasteiger partial charge >= 0.3 is 0 Å². The number of aromatic nitrogens is 2. The second kappa shape index (κ2) is 5.01. The Bertz CT molecular complexity index is 348. The fourth-order valence-corrected chi connectivity index (χ4v) is 1.47. The summed E-state index contributed by atoms with van der Waals surface area (Å²) in [5.74, 6) is 2.76. The first-order valence-corrected chi connectivity index (χ1v) is 5.90. The molecule has 0 bridgehead atoms. The molecule has 0 spiro atoms. The van der Waals surface area contributed by atoms with Crippen molar-refractivity contribution in [1.29, 1.82) is 0 Å². The smallest absolute Gasteiger partial charge is 0.223 e. The Hall–Kier alpha value is -1.52. The summed E-state index contributed by atoms with van der Waals surface area (Å²) < 4.78 is 0. The van der Waals surface area contributed by atoms with Gasteiger partial charge in [0.1, 0.15) is 11.6 Å². The van der Waals surface area contributed by atoms with Crippen LogP contribution in [0.25, 0.3) is 0 Å². The molecule has 0 amide bonds. The molecule has 88 valence electrons. The minimum Gasteiger partial charge on any atom is -0.370 e. The van der Waals surface area contributed by atoms with Gasteiger partial charge in [-0.2, -0.15) is 9.97 Å². The number of nitrogens with two attached hydrogens (primary N) is 1. The molecule has 16 heavy (non-hydrogen) atoms. The van der Waals surface area contributed by atoms with E-state index in [4.69, 9.17) is 5.73 Å². The molecule has 0 aromatic carbocycles. The highest BCUT2D eigenvalue weighted by molar-refractivity contribution is 5.51. The SMILES string of the molecule is CCCNc1cc(NCC2CC2)nc(N)n1. The Morgan fingerprint density at radius 2 is 2.00 bits per heavy atom. The van der Waals surface area contributed by atoms with E-state index >= 15 is 0 Å². The van der Waals surface area contributed by atoms with Crippen molar-refractivity contribution in [1.82, 2.24) is 9.97 Å². The second-order valence-corrected chi connectivity index (χ2v) is 4.25. The van der Waals surface area contributed by atoms with E-state index in [1.807, 2.05) is 6.07 Å². The minimum absolute atomic E-state index is 0.319. The average molecular weight is 221 g/mol. The fourth-order valence-electron chi connectivity index (χ4n) is 1.47. The van der Waals surface area contributed by atoms with Gasteiger partial charge in [-0.05, 0) is 25.2 Å². The highest BCUT2D eigenvalue weighted by Gasteiger charge is 2.20. The van der Waals surface area contributed by atoms with Gasteiger partial charge in [-0.25, -0.2) is 0 Å². The summed E-state index contributed by atoms with van der Waals surface area (Å²) in [7, 11) is 0. The Morgan fingerprint density at radius 3 is 2.62 bits per heavy atom. The monoisotopic (exact) mass is 221 g/mol. The van der Waals surface area contributed by atoms with Crippen LogP contribution >= 0.6 is 0 Å². The minimum atomic E-state index is 0.319. The van der Waals surface area contributed by atoms with E-state index in [0.29, 0.717) is 5.95 Å². The van der Waals surface area contributed by atoms with Crippen LogP contribution in [-0.4, -0.2) is 23.1 Å².